The van der Waals surface area contributed by atoms with Crippen LogP contribution in [0.2, 0.25) is 10.0 Å². The highest BCUT2D eigenvalue weighted by Crippen LogP contribution is 2.30. The summed E-state index contributed by atoms with van der Waals surface area (Å²) in [5.41, 5.74) is -0.211. The molecule has 0 radical (unpaired) electrons. The van der Waals surface area contributed by atoms with E-state index in [4.69, 9.17) is 33.9 Å². The minimum Gasteiger partial charge on any atom is -0.351 e. The number of sulfone groups is 1. The molecule has 0 saturated heterocycles. The SMILES string of the molecule is CS(=O)(=O)CCNC(=O)c1cc(S(=O)(=O)Cl)cc(Cl)c1Cl. The van der Waals surface area contributed by atoms with Gasteiger partial charge in [0.25, 0.3) is 15.0 Å². The second kappa shape index (κ2) is 6.70. The molecule has 1 rings (SSSR count). The van der Waals surface area contributed by atoms with E-state index < -0.39 is 24.8 Å². The molecule has 6 nitrogen and oxygen atoms in total. The molecule has 21 heavy (non-hydrogen) atoms. The minimum atomic E-state index is -4.09. The molecule has 1 aromatic rings. The number of nitrogens with one attached hydrogen (secondary N) is 1. The molecule has 0 aromatic heterocycles. The van der Waals surface area contributed by atoms with Crippen LogP contribution in [0.5, 0.6) is 0 Å². The van der Waals surface area contributed by atoms with Crippen molar-refractivity contribution in [2.75, 3.05) is 18.6 Å². The van der Waals surface area contributed by atoms with Gasteiger partial charge in [-0.15, -0.1) is 0 Å². The molecule has 0 unspecified atom stereocenters. The number of amides is 1. The Morgan fingerprint density at radius 2 is 1.76 bits per heavy atom. The maximum Gasteiger partial charge on any atom is 0.261 e. The van der Waals surface area contributed by atoms with Crippen LogP contribution in [0.1, 0.15) is 10.4 Å². The summed E-state index contributed by atoms with van der Waals surface area (Å²) in [4.78, 5) is 11.5. The predicted molar refractivity (Wildman–Crippen MR) is 81.5 cm³/mol. The van der Waals surface area contributed by atoms with Gasteiger partial charge in [-0.25, -0.2) is 16.8 Å². The molecule has 1 aromatic carbocycles. The number of hydrogen-bond acceptors (Lipinski definition) is 5. The standard InChI is InChI=1S/C10H10Cl3NO5S2/c1-20(16,17)3-2-14-10(15)7-4-6(21(13,18)19)5-8(11)9(7)12/h4-5H,2-3H2,1H3,(H,14,15). The first-order valence-electron chi connectivity index (χ1n) is 5.31. The number of carbonyl (C=O) groups excluding carboxylic acids is 1. The molecule has 0 spiro atoms. The Morgan fingerprint density at radius 1 is 1.19 bits per heavy atom. The van der Waals surface area contributed by atoms with Crippen LogP contribution in [0.3, 0.4) is 0 Å². The van der Waals surface area contributed by atoms with Crippen molar-refractivity contribution in [3.63, 3.8) is 0 Å². The number of hydrogen-bond donors (Lipinski definition) is 1. The summed E-state index contributed by atoms with van der Waals surface area (Å²) in [5.74, 6) is -1.02. The van der Waals surface area contributed by atoms with Crippen molar-refractivity contribution in [1.29, 1.82) is 0 Å². The molecule has 0 bridgehead atoms. The summed E-state index contributed by atoms with van der Waals surface area (Å²) in [6, 6.07) is 1.98. The van der Waals surface area contributed by atoms with E-state index in [0.29, 0.717) is 0 Å². The zero-order valence-corrected chi connectivity index (χ0v) is 14.5. The molecule has 0 heterocycles. The van der Waals surface area contributed by atoms with Crippen molar-refractivity contribution in [2.45, 2.75) is 4.90 Å². The molecule has 0 aliphatic rings. The number of halogens is 3. The third kappa shape index (κ3) is 5.63. The van der Waals surface area contributed by atoms with E-state index in [1.165, 1.54) is 0 Å². The van der Waals surface area contributed by atoms with Crippen LogP contribution in [-0.4, -0.2) is 41.3 Å². The summed E-state index contributed by atoms with van der Waals surface area (Å²) in [6.07, 6.45) is 1.02. The van der Waals surface area contributed by atoms with E-state index in [0.717, 1.165) is 18.4 Å². The summed E-state index contributed by atoms with van der Waals surface area (Å²) in [7, 11) is -2.15. The van der Waals surface area contributed by atoms with Crippen LogP contribution in [0.25, 0.3) is 0 Å². The van der Waals surface area contributed by atoms with Crippen molar-refractivity contribution >= 4 is 58.7 Å². The van der Waals surface area contributed by atoms with E-state index in [1.54, 1.807) is 0 Å². The molecule has 1 N–H and O–H groups in total. The predicted octanol–water partition coefficient (Wildman–Crippen LogP) is 1.70. The lowest BCUT2D eigenvalue weighted by Gasteiger charge is -2.09. The average Bonchev–Trinajstić information content (AvgIpc) is 2.29. The number of benzene rings is 1. The highest BCUT2D eigenvalue weighted by atomic mass is 35.7. The van der Waals surface area contributed by atoms with Crippen LogP contribution in [0, 0.1) is 0 Å². The van der Waals surface area contributed by atoms with E-state index in [9.17, 15) is 21.6 Å². The smallest absolute Gasteiger partial charge is 0.261 e. The van der Waals surface area contributed by atoms with Crippen LogP contribution < -0.4 is 5.32 Å². The maximum atomic E-state index is 11.9. The number of rotatable bonds is 5. The first-order valence-corrected chi connectivity index (χ1v) is 10.4. The van der Waals surface area contributed by atoms with Crippen LogP contribution in [0.4, 0.5) is 0 Å². The Balaban J connectivity index is 3.07. The Labute approximate surface area is 136 Å². The molecule has 0 aliphatic heterocycles. The molecule has 0 aliphatic carbocycles. The van der Waals surface area contributed by atoms with Crippen molar-refractivity contribution < 1.29 is 21.6 Å². The molecule has 0 atom stereocenters. The Kier molecular flexibility index (Phi) is 5.91. The zero-order valence-electron chi connectivity index (χ0n) is 10.6. The summed E-state index contributed by atoms with van der Waals surface area (Å²) in [6.45, 7) is -0.149. The highest BCUT2D eigenvalue weighted by Gasteiger charge is 2.20. The fourth-order valence-electron chi connectivity index (χ4n) is 1.32. The van der Waals surface area contributed by atoms with E-state index in [2.05, 4.69) is 5.32 Å². The molecule has 0 saturated carbocycles. The Hall–Kier alpha value is -0.540. The summed E-state index contributed by atoms with van der Waals surface area (Å²) in [5, 5.41) is 1.99. The second-order valence-corrected chi connectivity index (χ2v) is 9.70. The van der Waals surface area contributed by atoms with Gasteiger partial charge in [-0.05, 0) is 12.1 Å². The van der Waals surface area contributed by atoms with Crippen molar-refractivity contribution in [3.05, 3.63) is 27.7 Å². The lowest BCUT2D eigenvalue weighted by Crippen LogP contribution is -2.29. The molecule has 0 fully saturated rings. The van der Waals surface area contributed by atoms with E-state index >= 15 is 0 Å². The van der Waals surface area contributed by atoms with Crippen molar-refractivity contribution in [1.82, 2.24) is 5.32 Å². The first kappa shape index (κ1) is 18.5. The van der Waals surface area contributed by atoms with Gasteiger partial charge in [-0.3, -0.25) is 4.79 Å². The van der Waals surface area contributed by atoms with Crippen LogP contribution in [0.15, 0.2) is 17.0 Å². The van der Waals surface area contributed by atoms with Gasteiger partial charge in [0.15, 0.2) is 0 Å². The maximum absolute atomic E-state index is 11.9. The third-order valence-electron chi connectivity index (χ3n) is 2.29. The Bertz CT molecular complexity index is 774. The second-order valence-electron chi connectivity index (χ2n) is 4.09. The number of carbonyl (C=O) groups is 1. The van der Waals surface area contributed by atoms with Gasteiger partial charge in [-0.1, -0.05) is 23.2 Å². The highest BCUT2D eigenvalue weighted by molar-refractivity contribution is 8.13. The zero-order chi connectivity index (χ0) is 16.4. The van der Waals surface area contributed by atoms with Crippen LogP contribution >= 0.6 is 33.9 Å². The summed E-state index contributed by atoms with van der Waals surface area (Å²) < 4.78 is 44.5. The van der Waals surface area contributed by atoms with Gasteiger partial charge < -0.3 is 5.32 Å². The van der Waals surface area contributed by atoms with Crippen molar-refractivity contribution in [3.8, 4) is 0 Å². The van der Waals surface area contributed by atoms with Gasteiger partial charge in [-0.2, -0.15) is 0 Å². The minimum absolute atomic E-state index is 0.149. The molecule has 1 amide bonds. The van der Waals surface area contributed by atoms with Gasteiger partial charge in [0.1, 0.15) is 9.84 Å². The van der Waals surface area contributed by atoms with Gasteiger partial charge in [0, 0.05) is 23.5 Å². The fraction of sp³-hybridized carbons (Fsp3) is 0.300. The van der Waals surface area contributed by atoms with Gasteiger partial charge >= 0.3 is 0 Å². The molecule has 118 valence electrons. The largest absolute Gasteiger partial charge is 0.351 e. The van der Waals surface area contributed by atoms with E-state index in [-0.39, 0.29) is 32.8 Å². The van der Waals surface area contributed by atoms with Gasteiger partial charge in [0.2, 0.25) is 0 Å². The lowest BCUT2D eigenvalue weighted by molar-refractivity contribution is 0.0956. The molecule has 11 heteroatoms. The summed E-state index contributed by atoms with van der Waals surface area (Å²) >= 11 is 11.6. The average molecular weight is 395 g/mol. The molecular formula is C10H10Cl3NO5S2. The third-order valence-corrected chi connectivity index (χ3v) is 5.37. The van der Waals surface area contributed by atoms with Crippen molar-refractivity contribution in [2.24, 2.45) is 0 Å². The lowest BCUT2D eigenvalue weighted by atomic mass is 10.2. The van der Waals surface area contributed by atoms with E-state index in [1.807, 2.05) is 0 Å². The Morgan fingerprint density at radius 3 is 2.24 bits per heavy atom. The topological polar surface area (TPSA) is 97.4 Å². The first-order chi connectivity index (χ1) is 9.42. The molecular weight excluding hydrogens is 385 g/mol. The monoisotopic (exact) mass is 393 g/mol. The fourth-order valence-corrected chi connectivity index (χ4v) is 3.05. The van der Waals surface area contributed by atoms with Gasteiger partial charge in [0.05, 0.1) is 26.3 Å². The van der Waals surface area contributed by atoms with Crippen LogP contribution in [-0.2, 0) is 18.9 Å². The normalized spacial score (nSPS) is 12.2. The quantitative estimate of drug-likeness (QED) is 0.767.